The summed E-state index contributed by atoms with van der Waals surface area (Å²) >= 11 is 0. The number of nitrogens with two attached hydrogens (primary N) is 1. The van der Waals surface area contributed by atoms with Crippen LogP contribution in [0.25, 0.3) is 0 Å². The minimum atomic E-state index is 0.427. The van der Waals surface area contributed by atoms with Crippen LogP contribution in [0.15, 0.2) is 65.1 Å². The molecule has 102 valence electrons. The maximum Gasteiger partial charge on any atom is 0.114 e. The molecule has 0 heterocycles. The summed E-state index contributed by atoms with van der Waals surface area (Å²) < 4.78 is 5.17. The summed E-state index contributed by atoms with van der Waals surface area (Å²) in [6.45, 7) is 7.66. The minimum absolute atomic E-state index is 0.427. The second-order valence-corrected chi connectivity index (χ2v) is 4.53. The van der Waals surface area contributed by atoms with Gasteiger partial charge in [0.2, 0.25) is 0 Å². The molecule has 1 unspecified atom stereocenters. The summed E-state index contributed by atoms with van der Waals surface area (Å²) in [6, 6.07) is 0. The SMILES string of the molecule is C=C(/C=C\C=C(C)C1C=CC(OC)=CC1)N=C(C)N. The number of amidine groups is 1. The highest BCUT2D eigenvalue weighted by Crippen LogP contribution is 2.23. The summed E-state index contributed by atoms with van der Waals surface area (Å²) in [5, 5.41) is 0. The Hall–Kier alpha value is -2.03. The molecular weight excluding hydrogens is 236 g/mol. The van der Waals surface area contributed by atoms with E-state index in [0.29, 0.717) is 17.5 Å². The quantitative estimate of drug-likeness (QED) is 0.466. The van der Waals surface area contributed by atoms with Crippen molar-refractivity contribution in [1.29, 1.82) is 0 Å². The average molecular weight is 258 g/mol. The van der Waals surface area contributed by atoms with Gasteiger partial charge in [-0.3, -0.25) is 0 Å². The van der Waals surface area contributed by atoms with E-state index in [2.05, 4.69) is 36.7 Å². The summed E-state index contributed by atoms with van der Waals surface area (Å²) in [4.78, 5) is 4.05. The Kier molecular flexibility index (Phi) is 5.86. The third-order valence-corrected chi connectivity index (χ3v) is 2.85. The van der Waals surface area contributed by atoms with Gasteiger partial charge in [0.1, 0.15) is 5.76 Å². The van der Waals surface area contributed by atoms with Crippen molar-refractivity contribution >= 4 is 5.84 Å². The van der Waals surface area contributed by atoms with Crippen LogP contribution in [0.1, 0.15) is 20.3 Å². The summed E-state index contributed by atoms with van der Waals surface area (Å²) in [6.07, 6.45) is 13.1. The van der Waals surface area contributed by atoms with Gasteiger partial charge in [0.15, 0.2) is 0 Å². The zero-order chi connectivity index (χ0) is 14.3. The van der Waals surface area contributed by atoms with E-state index in [1.165, 1.54) is 5.57 Å². The van der Waals surface area contributed by atoms with E-state index in [0.717, 1.165) is 12.2 Å². The van der Waals surface area contributed by atoms with E-state index in [-0.39, 0.29) is 0 Å². The summed E-state index contributed by atoms with van der Waals surface area (Å²) in [5.41, 5.74) is 7.43. The molecule has 2 N–H and O–H groups in total. The summed E-state index contributed by atoms with van der Waals surface area (Å²) in [5.74, 6) is 1.88. The first kappa shape index (κ1) is 15.0. The normalized spacial score (nSPS) is 20.6. The first-order chi connectivity index (χ1) is 9.02. The van der Waals surface area contributed by atoms with Crippen LogP contribution in [0.5, 0.6) is 0 Å². The number of allylic oxidation sites excluding steroid dienone is 7. The molecule has 0 amide bonds. The highest BCUT2D eigenvalue weighted by Gasteiger charge is 2.09. The molecular formula is C16H22N2O. The molecule has 0 bridgehead atoms. The Morgan fingerprint density at radius 3 is 2.79 bits per heavy atom. The molecule has 0 saturated carbocycles. The lowest BCUT2D eigenvalue weighted by atomic mass is 9.92. The molecule has 19 heavy (non-hydrogen) atoms. The van der Waals surface area contributed by atoms with Gasteiger partial charge < -0.3 is 10.5 Å². The molecule has 0 aromatic heterocycles. The molecule has 0 aliphatic heterocycles. The van der Waals surface area contributed by atoms with Crippen LogP contribution in [0.2, 0.25) is 0 Å². The predicted molar refractivity (Wildman–Crippen MR) is 81.7 cm³/mol. The van der Waals surface area contributed by atoms with Crippen molar-refractivity contribution in [3.8, 4) is 0 Å². The van der Waals surface area contributed by atoms with E-state index in [9.17, 15) is 0 Å². The van der Waals surface area contributed by atoms with Gasteiger partial charge in [-0.2, -0.15) is 0 Å². The van der Waals surface area contributed by atoms with Crippen LogP contribution in [0, 0.1) is 5.92 Å². The fourth-order valence-corrected chi connectivity index (χ4v) is 1.79. The van der Waals surface area contributed by atoms with Crippen molar-refractivity contribution in [3.63, 3.8) is 0 Å². The van der Waals surface area contributed by atoms with Crippen molar-refractivity contribution in [2.75, 3.05) is 7.11 Å². The molecule has 0 radical (unpaired) electrons. The Balaban J connectivity index is 2.58. The maximum absolute atomic E-state index is 5.48. The number of aliphatic imine (C=N–C) groups is 1. The van der Waals surface area contributed by atoms with Crippen molar-refractivity contribution in [2.24, 2.45) is 16.6 Å². The van der Waals surface area contributed by atoms with Crippen LogP contribution in [-0.2, 0) is 4.74 Å². The van der Waals surface area contributed by atoms with Crippen molar-refractivity contribution < 1.29 is 4.74 Å². The highest BCUT2D eigenvalue weighted by molar-refractivity contribution is 5.78. The lowest BCUT2D eigenvalue weighted by Gasteiger charge is -2.15. The second-order valence-electron chi connectivity index (χ2n) is 4.53. The molecule has 1 aliphatic carbocycles. The molecule has 3 heteroatoms. The van der Waals surface area contributed by atoms with Gasteiger partial charge in [0, 0.05) is 5.92 Å². The number of methoxy groups -OCH3 is 1. The number of ether oxygens (including phenoxy) is 1. The zero-order valence-electron chi connectivity index (χ0n) is 11.9. The van der Waals surface area contributed by atoms with E-state index in [1.807, 2.05) is 18.2 Å². The molecule has 1 rings (SSSR count). The fraction of sp³-hybridized carbons (Fsp3) is 0.312. The van der Waals surface area contributed by atoms with Gasteiger partial charge in [-0.1, -0.05) is 30.4 Å². The van der Waals surface area contributed by atoms with E-state index in [1.54, 1.807) is 14.0 Å². The standard InChI is InChI=1S/C16H22N2O/c1-12(6-5-7-13(2)18-14(3)17)15-8-10-16(19-4)11-9-15/h5-8,10-11,15H,2,9H2,1,3-4H3,(H2,17,18)/b7-5-,12-6?. The lowest BCUT2D eigenvalue weighted by Crippen LogP contribution is -2.04. The van der Waals surface area contributed by atoms with Gasteiger partial charge in [-0.15, -0.1) is 0 Å². The van der Waals surface area contributed by atoms with Crippen molar-refractivity contribution in [1.82, 2.24) is 0 Å². The summed E-state index contributed by atoms with van der Waals surface area (Å²) in [7, 11) is 1.69. The Morgan fingerprint density at radius 1 is 1.53 bits per heavy atom. The van der Waals surface area contributed by atoms with Crippen LogP contribution < -0.4 is 5.73 Å². The molecule has 0 aromatic carbocycles. The lowest BCUT2D eigenvalue weighted by molar-refractivity contribution is 0.302. The van der Waals surface area contributed by atoms with E-state index < -0.39 is 0 Å². The first-order valence-electron chi connectivity index (χ1n) is 6.30. The maximum atomic E-state index is 5.48. The number of nitrogens with zero attached hydrogens (tertiary/aromatic N) is 1. The molecule has 0 fully saturated rings. The highest BCUT2D eigenvalue weighted by atomic mass is 16.5. The van der Waals surface area contributed by atoms with Crippen molar-refractivity contribution in [2.45, 2.75) is 20.3 Å². The molecule has 1 atom stereocenters. The van der Waals surface area contributed by atoms with Crippen molar-refractivity contribution in [3.05, 3.63) is 60.1 Å². The Labute approximate surface area is 115 Å². The monoisotopic (exact) mass is 258 g/mol. The van der Waals surface area contributed by atoms with Gasteiger partial charge in [-0.05, 0) is 38.5 Å². The molecule has 0 spiro atoms. The zero-order valence-corrected chi connectivity index (χ0v) is 11.9. The second kappa shape index (κ2) is 7.41. The minimum Gasteiger partial charge on any atom is -0.497 e. The number of hydrogen-bond acceptors (Lipinski definition) is 2. The fourth-order valence-electron chi connectivity index (χ4n) is 1.79. The van der Waals surface area contributed by atoms with Crippen LogP contribution in [0.3, 0.4) is 0 Å². The molecule has 1 aliphatic rings. The smallest absolute Gasteiger partial charge is 0.114 e. The predicted octanol–water partition coefficient (Wildman–Crippen LogP) is 3.49. The molecule has 3 nitrogen and oxygen atoms in total. The average Bonchev–Trinajstić information content (AvgIpc) is 2.37. The van der Waals surface area contributed by atoms with Crippen LogP contribution >= 0.6 is 0 Å². The number of hydrogen-bond donors (Lipinski definition) is 1. The largest absolute Gasteiger partial charge is 0.497 e. The van der Waals surface area contributed by atoms with Gasteiger partial charge in [0.05, 0.1) is 18.6 Å². The molecule has 0 aromatic rings. The number of rotatable bonds is 5. The van der Waals surface area contributed by atoms with Crippen LogP contribution in [0.4, 0.5) is 0 Å². The first-order valence-corrected chi connectivity index (χ1v) is 6.30. The van der Waals surface area contributed by atoms with Crippen LogP contribution in [-0.4, -0.2) is 12.9 Å². The Bertz CT molecular complexity index is 475. The topological polar surface area (TPSA) is 47.6 Å². The van der Waals surface area contributed by atoms with Gasteiger partial charge >= 0.3 is 0 Å². The molecule has 0 saturated heterocycles. The van der Waals surface area contributed by atoms with E-state index >= 15 is 0 Å². The Morgan fingerprint density at radius 2 is 2.26 bits per heavy atom. The van der Waals surface area contributed by atoms with Gasteiger partial charge in [0.25, 0.3) is 0 Å². The van der Waals surface area contributed by atoms with Gasteiger partial charge in [-0.25, -0.2) is 4.99 Å². The third-order valence-electron chi connectivity index (χ3n) is 2.85. The van der Waals surface area contributed by atoms with E-state index in [4.69, 9.17) is 10.5 Å². The third kappa shape index (κ3) is 5.42.